The summed E-state index contributed by atoms with van der Waals surface area (Å²) in [6, 6.07) is 0. The van der Waals surface area contributed by atoms with Crippen LogP contribution in [0.5, 0.6) is 0 Å². The molecule has 92 heavy (non-hydrogen) atoms. The Hall–Kier alpha value is -1.94. The highest BCUT2D eigenvalue weighted by Gasteiger charge is 2.30. The van der Waals surface area contributed by atoms with E-state index in [9.17, 15) is 43.2 Å². The molecule has 0 saturated carbocycles. The van der Waals surface area contributed by atoms with Crippen LogP contribution in [-0.2, 0) is 65.4 Å². The highest BCUT2D eigenvalue weighted by atomic mass is 31.2. The molecule has 0 aromatic carbocycles. The van der Waals surface area contributed by atoms with Gasteiger partial charge in [-0.1, -0.05) is 324 Å². The molecular formula is C73H142O17P2. The monoisotopic (exact) mass is 1350 g/mol. The molecule has 3 N–H and O–H groups in total. The van der Waals surface area contributed by atoms with Crippen molar-refractivity contribution in [1.82, 2.24) is 0 Å². The summed E-state index contributed by atoms with van der Waals surface area (Å²) in [5.74, 6) is -0.582. The van der Waals surface area contributed by atoms with Gasteiger partial charge in [0, 0.05) is 25.7 Å². The van der Waals surface area contributed by atoms with Crippen LogP contribution in [-0.4, -0.2) is 96.7 Å². The molecule has 546 valence electrons. The standard InChI is InChI=1S/C73H142O17P2/c1-7-10-12-14-16-18-20-22-23-24-26-32-40-46-52-58-73(78)89-68(61-83-70(75)55-49-43-37-30-28-27-29-36-42-48-54-66(6)9-3)63-87-91(79,80)85-59-67(74)60-86-92(81,82)88-64-69(62-84-71(76)56-50-44-38-34-33-35-41-47-53-65(4)5)90-72(77)57-51-45-39-31-25-21-19-17-15-13-11-8-2/h65-69,74H,7-64H2,1-6H3,(H,79,80)(H,81,82)/t66?,67-,68-,69-/m1/s1. The van der Waals surface area contributed by atoms with E-state index in [0.717, 1.165) is 102 Å². The predicted octanol–water partition coefficient (Wildman–Crippen LogP) is 21.2. The summed E-state index contributed by atoms with van der Waals surface area (Å²) in [6.45, 7) is 9.57. The van der Waals surface area contributed by atoms with Gasteiger partial charge in [0.25, 0.3) is 0 Å². The summed E-state index contributed by atoms with van der Waals surface area (Å²) in [7, 11) is -9.91. The number of rotatable bonds is 72. The van der Waals surface area contributed by atoms with Gasteiger partial charge in [-0.3, -0.25) is 37.3 Å². The normalized spacial score (nSPS) is 14.4. The molecule has 0 rings (SSSR count). The van der Waals surface area contributed by atoms with Gasteiger partial charge >= 0.3 is 39.5 Å². The lowest BCUT2D eigenvalue weighted by Gasteiger charge is -2.21. The number of carbonyl (C=O) groups is 4. The van der Waals surface area contributed by atoms with Crippen molar-refractivity contribution in [2.45, 2.75) is 394 Å². The molecule has 0 aliphatic rings. The van der Waals surface area contributed by atoms with Gasteiger partial charge in [-0.25, -0.2) is 9.13 Å². The summed E-state index contributed by atoms with van der Waals surface area (Å²) >= 11 is 0. The predicted molar refractivity (Wildman–Crippen MR) is 372 cm³/mol. The van der Waals surface area contributed by atoms with E-state index in [4.69, 9.17) is 37.0 Å². The average molecular weight is 1350 g/mol. The Morgan fingerprint density at radius 2 is 0.554 bits per heavy atom. The van der Waals surface area contributed by atoms with Crippen molar-refractivity contribution in [3.63, 3.8) is 0 Å². The van der Waals surface area contributed by atoms with E-state index in [2.05, 4.69) is 41.5 Å². The second-order valence-corrected chi connectivity index (χ2v) is 30.0. The number of aliphatic hydroxyl groups excluding tert-OH is 1. The van der Waals surface area contributed by atoms with Crippen molar-refractivity contribution < 1.29 is 80.2 Å². The van der Waals surface area contributed by atoms with Crippen molar-refractivity contribution in [3.05, 3.63) is 0 Å². The maximum Gasteiger partial charge on any atom is 0.472 e. The third-order valence-electron chi connectivity index (χ3n) is 17.3. The van der Waals surface area contributed by atoms with Crippen molar-refractivity contribution >= 4 is 39.5 Å². The number of hydrogen-bond donors (Lipinski definition) is 3. The van der Waals surface area contributed by atoms with Gasteiger partial charge in [0.15, 0.2) is 12.2 Å². The van der Waals surface area contributed by atoms with Crippen LogP contribution in [0.25, 0.3) is 0 Å². The molecule has 0 aliphatic heterocycles. The number of hydrogen-bond acceptors (Lipinski definition) is 15. The number of ether oxygens (including phenoxy) is 4. The Balaban J connectivity index is 5.26. The van der Waals surface area contributed by atoms with Crippen LogP contribution >= 0.6 is 15.6 Å². The quantitative estimate of drug-likeness (QED) is 0.0222. The van der Waals surface area contributed by atoms with E-state index in [0.29, 0.717) is 25.7 Å². The number of phosphoric acid groups is 2. The van der Waals surface area contributed by atoms with Gasteiger partial charge in [0.2, 0.25) is 0 Å². The Morgan fingerprint density at radius 1 is 0.315 bits per heavy atom. The van der Waals surface area contributed by atoms with Gasteiger partial charge in [0.05, 0.1) is 26.4 Å². The average Bonchev–Trinajstić information content (AvgIpc) is 3.60. The Labute approximate surface area is 562 Å². The molecule has 0 aromatic rings. The van der Waals surface area contributed by atoms with Crippen LogP contribution in [0.4, 0.5) is 0 Å². The number of carbonyl (C=O) groups excluding carboxylic acids is 4. The Morgan fingerprint density at radius 3 is 0.826 bits per heavy atom. The van der Waals surface area contributed by atoms with E-state index < -0.39 is 97.5 Å². The zero-order valence-corrected chi connectivity index (χ0v) is 61.6. The molecular weight excluding hydrogens is 1210 g/mol. The van der Waals surface area contributed by atoms with Gasteiger partial charge in [-0.2, -0.15) is 0 Å². The topological polar surface area (TPSA) is 237 Å². The van der Waals surface area contributed by atoms with E-state index in [-0.39, 0.29) is 25.7 Å². The summed E-state index contributed by atoms with van der Waals surface area (Å²) in [6.07, 6.45) is 51.1. The van der Waals surface area contributed by atoms with Crippen LogP contribution in [0.1, 0.15) is 375 Å². The molecule has 0 aliphatic carbocycles. The smallest absolute Gasteiger partial charge is 0.462 e. The molecule has 0 bridgehead atoms. The Kier molecular flexibility index (Phi) is 63.7. The first-order valence-electron chi connectivity index (χ1n) is 38.0. The molecule has 0 saturated heterocycles. The van der Waals surface area contributed by atoms with E-state index in [1.54, 1.807) is 0 Å². The molecule has 0 spiro atoms. The molecule has 0 heterocycles. The molecule has 0 aromatic heterocycles. The number of phosphoric ester groups is 2. The number of unbranched alkanes of at least 4 members (excludes halogenated alkanes) is 41. The fraction of sp³-hybridized carbons (Fsp3) is 0.945. The van der Waals surface area contributed by atoms with Crippen LogP contribution in [0, 0.1) is 11.8 Å². The molecule has 0 amide bonds. The Bertz CT molecular complexity index is 1790. The lowest BCUT2D eigenvalue weighted by atomic mass is 9.99. The van der Waals surface area contributed by atoms with Gasteiger partial charge in [-0.15, -0.1) is 0 Å². The van der Waals surface area contributed by atoms with E-state index >= 15 is 0 Å². The molecule has 0 radical (unpaired) electrons. The third kappa shape index (κ3) is 65.4. The fourth-order valence-corrected chi connectivity index (χ4v) is 12.7. The zero-order valence-electron chi connectivity index (χ0n) is 59.9. The van der Waals surface area contributed by atoms with Gasteiger partial charge in [-0.05, 0) is 37.5 Å². The molecule has 6 atom stereocenters. The van der Waals surface area contributed by atoms with E-state index in [1.807, 2.05) is 0 Å². The largest absolute Gasteiger partial charge is 0.472 e. The highest BCUT2D eigenvalue weighted by Crippen LogP contribution is 2.45. The molecule has 19 heteroatoms. The van der Waals surface area contributed by atoms with E-state index in [1.165, 1.54) is 193 Å². The second-order valence-electron chi connectivity index (χ2n) is 27.1. The summed E-state index contributed by atoms with van der Waals surface area (Å²) < 4.78 is 68.4. The summed E-state index contributed by atoms with van der Waals surface area (Å²) in [4.78, 5) is 72.7. The minimum atomic E-state index is -4.95. The SMILES string of the molecule is CCCCCCCCCCCCCCCCCC(=O)O[C@H](COC(=O)CCCCCCCCCCCCC(C)CC)COP(=O)(O)OC[C@@H](O)COP(=O)(O)OC[C@@H](COC(=O)CCCCCCCCCCC(C)C)OC(=O)CCCCCCCCCCCCCC. The molecule has 3 unspecified atom stereocenters. The lowest BCUT2D eigenvalue weighted by Crippen LogP contribution is -2.30. The van der Waals surface area contributed by atoms with Crippen molar-refractivity contribution in [2.24, 2.45) is 11.8 Å². The first-order valence-corrected chi connectivity index (χ1v) is 41.0. The zero-order chi connectivity index (χ0) is 67.9. The molecule has 17 nitrogen and oxygen atoms in total. The first kappa shape index (κ1) is 90.1. The number of aliphatic hydroxyl groups is 1. The van der Waals surface area contributed by atoms with Crippen molar-refractivity contribution in [1.29, 1.82) is 0 Å². The second kappa shape index (κ2) is 65.0. The minimum absolute atomic E-state index is 0.107. The number of esters is 4. The van der Waals surface area contributed by atoms with Crippen LogP contribution in [0.3, 0.4) is 0 Å². The van der Waals surface area contributed by atoms with Gasteiger partial charge in [0.1, 0.15) is 19.3 Å². The maximum absolute atomic E-state index is 13.1. The third-order valence-corrected chi connectivity index (χ3v) is 19.2. The lowest BCUT2D eigenvalue weighted by molar-refractivity contribution is -0.161. The fourth-order valence-electron chi connectivity index (χ4n) is 11.1. The van der Waals surface area contributed by atoms with Crippen LogP contribution in [0.2, 0.25) is 0 Å². The summed E-state index contributed by atoms with van der Waals surface area (Å²) in [5.41, 5.74) is 0. The van der Waals surface area contributed by atoms with Crippen LogP contribution in [0.15, 0.2) is 0 Å². The van der Waals surface area contributed by atoms with Crippen molar-refractivity contribution in [2.75, 3.05) is 39.6 Å². The van der Waals surface area contributed by atoms with Gasteiger partial charge < -0.3 is 33.8 Å². The molecule has 0 fully saturated rings. The first-order chi connectivity index (χ1) is 44.4. The highest BCUT2D eigenvalue weighted by molar-refractivity contribution is 7.47. The minimum Gasteiger partial charge on any atom is -0.462 e. The van der Waals surface area contributed by atoms with Crippen molar-refractivity contribution in [3.8, 4) is 0 Å². The summed E-state index contributed by atoms with van der Waals surface area (Å²) in [5, 5.41) is 10.6. The maximum atomic E-state index is 13.1. The van der Waals surface area contributed by atoms with Crippen LogP contribution < -0.4 is 0 Å².